The van der Waals surface area contributed by atoms with Crippen LogP contribution in [-0.4, -0.2) is 41.8 Å². The molecule has 1 unspecified atom stereocenters. The van der Waals surface area contributed by atoms with Gasteiger partial charge in [-0.25, -0.2) is 4.79 Å². The van der Waals surface area contributed by atoms with E-state index in [0.29, 0.717) is 25.7 Å². The number of carbonyl (C=O) groups is 3. The second kappa shape index (κ2) is 11.2. The minimum atomic E-state index is -0.830. The molecule has 0 bridgehead atoms. The topological polar surface area (TPSA) is 105 Å². The molecule has 3 atom stereocenters. The van der Waals surface area contributed by atoms with E-state index in [4.69, 9.17) is 4.74 Å². The van der Waals surface area contributed by atoms with Crippen molar-refractivity contribution < 1.29 is 24.2 Å². The summed E-state index contributed by atoms with van der Waals surface area (Å²) < 4.78 is 5.61. The highest BCUT2D eigenvalue weighted by Gasteiger charge is 2.31. The molecule has 1 saturated carbocycles. The highest BCUT2D eigenvalue weighted by atomic mass is 16.5. The molecule has 35 heavy (non-hydrogen) atoms. The van der Waals surface area contributed by atoms with Gasteiger partial charge in [-0.2, -0.15) is 0 Å². The molecule has 0 saturated heterocycles. The smallest absolute Gasteiger partial charge is 0.407 e. The van der Waals surface area contributed by atoms with Crippen LogP contribution in [0.15, 0.2) is 61.2 Å². The Balaban J connectivity index is 1.37. The number of carboxylic acid groups (broad SMARTS) is 1. The van der Waals surface area contributed by atoms with Gasteiger partial charge in [0, 0.05) is 12.0 Å². The van der Waals surface area contributed by atoms with Crippen molar-refractivity contribution in [2.45, 2.75) is 56.5 Å². The van der Waals surface area contributed by atoms with Gasteiger partial charge in [0.05, 0.1) is 5.92 Å². The van der Waals surface area contributed by atoms with Gasteiger partial charge in [-0.05, 0) is 54.4 Å². The molecule has 2 aromatic carbocycles. The van der Waals surface area contributed by atoms with E-state index in [9.17, 15) is 19.5 Å². The van der Waals surface area contributed by atoms with Crippen molar-refractivity contribution in [2.75, 3.05) is 6.61 Å². The normalized spacial score (nSPS) is 19.7. The van der Waals surface area contributed by atoms with E-state index in [1.165, 1.54) is 0 Å². The van der Waals surface area contributed by atoms with Crippen LogP contribution >= 0.6 is 0 Å². The van der Waals surface area contributed by atoms with Crippen molar-refractivity contribution in [1.29, 1.82) is 0 Å². The van der Waals surface area contributed by atoms with Crippen LogP contribution in [0.4, 0.5) is 4.79 Å². The van der Waals surface area contributed by atoms with Gasteiger partial charge >= 0.3 is 12.1 Å². The SMILES string of the molecule is C=CCCC(NC(=O)OCC1c2ccccc2-c2ccccc21)C(=O)N[C@H]1CCC[C@@H](C(=O)O)C1. The van der Waals surface area contributed by atoms with E-state index in [-0.39, 0.29) is 24.5 Å². The first-order valence-electron chi connectivity index (χ1n) is 12.2. The van der Waals surface area contributed by atoms with Crippen molar-refractivity contribution in [3.63, 3.8) is 0 Å². The van der Waals surface area contributed by atoms with Crippen molar-refractivity contribution in [3.8, 4) is 11.1 Å². The van der Waals surface area contributed by atoms with Crippen LogP contribution in [0, 0.1) is 5.92 Å². The number of amides is 2. The number of hydrogen-bond donors (Lipinski definition) is 3. The minimum absolute atomic E-state index is 0.0659. The third-order valence-electron chi connectivity index (χ3n) is 6.98. The number of carbonyl (C=O) groups excluding carboxylic acids is 2. The number of hydrogen-bond acceptors (Lipinski definition) is 4. The molecule has 0 radical (unpaired) electrons. The summed E-state index contributed by atoms with van der Waals surface area (Å²) in [6.45, 7) is 3.87. The first-order chi connectivity index (χ1) is 17.0. The predicted molar refractivity (Wildman–Crippen MR) is 133 cm³/mol. The lowest BCUT2D eigenvalue weighted by atomic mass is 9.85. The largest absolute Gasteiger partial charge is 0.481 e. The standard InChI is InChI=1S/C28H32N2O5/c1-2-3-15-25(26(31)29-19-10-8-9-18(16-19)27(32)33)30-28(34)35-17-24-22-13-6-4-11-20(22)21-12-5-7-14-23(21)24/h2,4-7,11-14,18-19,24-25H,1,3,8-10,15-17H2,(H,29,31)(H,30,34)(H,32,33)/t18-,19+,25?/m1/s1. The van der Waals surface area contributed by atoms with Gasteiger partial charge in [-0.1, -0.05) is 61.0 Å². The van der Waals surface area contributed by atoms with Crippen LogP contribution in [0.3, 0.4) is 0 Å². The predicted octanol–water partition coefficient (Wildman–Crippen LogP) is 4.62. The second-order valence-corrected chi connectivity index (χ2v) is 9.30. The first-order valence-corrected chi connectivity index (χ1v) is 12.2. The molecule has 2 aliphatic carbocycles. The van der Waals surface area contributed by atoms with Gasteiger partial charge in [-0.3, -0.25) is 9.59 Å². The van der Waals surface area contributed by atoms with E-state index in [1.54, 1.807) is 6.08 Å². The number of fused-ring (bicyclic) bond motifs is 3. The summed E-state index contributed by atoms with van der Waals surface area (Å²) in [5.74, 6) is -1.67. The van der Waals surface area contributed by atoms with E-state index < -0.39 is 24.0 Å². The van der Waals surface area contributed by atoms with Gasteiger partial charge in [0.1, 0.15) is 12.6 Å². The van der Waals surface area contributed by atoms with E-state index >= 15 is 0 Å². The highest BCUT2D eigenvalue weighted by Crippen LogP contribution is 2.44. The Morgan fingerprint density at radius 2 is 1.71 bits per heavy atom. The molecular formula is C28H32N2O5. The first kappa shape index (κ1) is 24.5. The fourth-order valence-electron chi connectivity index (χ4n) is 5.18. The van der Waals surface area contributed by atoms with Crippen LogP contribution in [0.5, 0.6) is 0 Å². The lowest BCUT2D eigenvalue weighted by Gasteiger charge is -2.29. The molecule has 4 rings (SSSR count). The van der Waals surface area contributed by atoms with Gasteiger partial charge in [0.25, 0.3) is 0 Å². The zero-order valence-corrected chi connectivity index (χ0v) is 19.7. The molecule has 0 aliphatic heterocycles. The van der Waals surface area contributed by atoms with Gasteiger partial charge in [0.2, 0.25) is 5.91 Å². The molecule has 0 aromatic heterocycles. The number of rotatable bonds is 9. The number of carboxylic acids is 1. The molecule has 0 heterocycles. The summed E-state index contributed by atoms with van der Waals surface area (Å²) in [7, 11) is 0. The molecule has 3 N–H and O–H groups in total. The van der Waals surface area contributed by atoms with E-state index in [2.05, 4.69) is 41.5 Å². The van der Waals surface area contributed by atoms with Crippen LogP contribution in [0.2, 0.25) is 0 Å². The maximum atomic E-state index is 13.0. The van der Waals surface area contributed by atoms with E-state index in [0.717, 1.165) is 35.1 Å². The number of allylic oxidation sites excluding steroid dienone is 1. The molecular weight excluding hydrogens is 444 g/mol. The Labute approximate surface area is 205 Å². The summed E-state index contributed by atoms with van der Waals surface area (Å²) in [5, 5.41) is 15.0. The van der Waals surface area contributed by atoms with Gasteiger partial charge in [-0.15, -0.1) is 6.58 Å². The van der Waals surface area contributed by atoms with Crippen LogP contribution < -0.4 is 10.6 Å². The van der Waals surface area contributed by atoms with Gasteiger partial charge < -0.3 is 20.5 Å². The summed E-state index contributed by atoms with van der Waals surface area (Å²) >= 11 is 0. The number of nitrogens with one attached hydrogen (secondary N) is 2. The molecule has 7 nitrogen and oxygen atoms in total. The molecule has 1 fully saturated rings. The summed E-state index contributed by atoms with van der Waals surface area (Å²) in [5.41, 5.74) is 4.53. The lowest BCUT2D eigenvalue weighted by Crippen LogP contribution is -2.51. The highest BCUT2D eigenvalue weighted by molar-refractivity contribution is 5.86. The van der Waals surface area contributed by atoms with Crippen molar-refractivity contribution in [1.82, 2.24) is 10.6 Å². The molecule has 2 aliphatic rings. The average molecular weight is 477 g/mol. The lowest BCUT2D eigenvalue weighted by molar-refractivity contribution is -0.143. The molecule has 184 valence electrons. The minimum Gasteiger partial charge on any atom is -0.481 e. The third-order valence-corrected chi connectivity index (χ3v) is 6.98. The maximum absolute atomic E-state index is 13.0. The molecule has 2 aromatic rings. The van der Waals surface area contributed by atoms with Crippen LogP contribution in [-0.2, 0) is 14.3 Å². The van der Waals surface area contributed by atoms with Crippen LogP contribution in [0.1, 0.15) is 55.6 Å². The summed E-state index contributed by atoms with van der Waals surface area (Å²) in [4.78, 5) is 37.0. The van der Waals surface area contributed by atoms with Crippen molar-refractivity contribution in [3.05, 3.63) is 72.3 Å². The number of alkyl carbamates (subject to hydrolysis) is 1. The average Bonchev–Trinajstić information content (AvgIpc) is 3.19. The molecule has 0 spiro atoms. The molecule has 7 heteroatoms. The number of aliphatic carboxylic acids is 1. The summed E-state index contributed by atoms with van der Waals surface area (Å²) in [6.07, 6.45) is 4.48. The number of ether oxygens (including phenoxy) is 1. The zero-order valence-electron chi connectivity index (χ0n) is 19.7. The van der Waals surface area contributed by atoms with Crippen molar-refractivity contribution >= 4 is 18.0 Å². The Bertz CT molecular complexity index is 1050. The zero-order chi connectivity index (χ0) is 24.8. The van der Waals surface area contributed by atoms with Crippen LogP contribution in [0.25, 0.3) is 11.1 Å². The quantitative estimate of drug-likeness (QED) is 0.458. The summed E-state index contributed by atoms with van der Waals surface area (Å²) in [6, 6.07) is 15.2. The Kier molecular flexibility index (Phi) is 7.85. The fraction of sp³-hybridized carbons (Fsp3) is 0.393. The Morgan fingerprint density at radius 3 is 2.34 bits per heavy atom. The second-order valence-electron chi connectivity index (χ2n) is 9.30. The van der Waals surface area contributed by atoms with Crippen molar-refractivity contribution in [2.24, 2.45) is 5.92 Å². The number of benzene rings is 2. The Hall–Kier alpha value is -3.61. The maximum Gasteiger partial charge on any atom is 0.407 e. The fourth-order valence-corrected chi connectivity index (χ4v) is 5.18. The van der Waals surface area contributed by atoms with E-state index in [1.807, 2.05) is 24.3 Å². The monoisotopic (exact) mass is 476 g/mol. The third kappa shape index (κ3) is 5.73. The molecule has 2 amide bonds. The Morgan fingerprint density at radius 1 is 1.06 bits per heavy atom. The van der Waals surface area contributed by atoms with Gasteiger partial charge in [0.15, 0.2) is 0 Å².